The number of thiazole rings is 1. The first-order valence-electron chi connectivity index (χ1n) is 7.94. The standard InChI is InChI=1S/C17H19N5OS3/c1-9-5-11(3)12(6-10(9)2)13-7-24-16(19-13)20-14(23)8-25-17-22-21-15(18-4)26-17/h5-7H,8H2,1-4H3,(H,18,21)(H,19,20,23). The van der Waals surface area contributed by atoms with Gasteiger partial charge in [-0.2, -0.15) is 0 Å². The summed E-state index contributed by atoms with van der Waals surface area (Å²) in [5, 5.41) is 17.1. The van der Waals surface area contributed by atoms with Gasteiger partial charge in [-0.25, -0.2) is 4.98 Å². The molecule has 1 amide bonds. The van der Waals surface area contributed by atoms with Gasteiger partial charge in [-0.15, -0.1) is 21.5 Å². The van der Waals surface area contributed by atoms with Gasteiger partial charge >= 0.3 is 0 Å². The monoisotopic (exact) mass is 405 g/mol. The summed E-state index contributed by atoms with van der Waals surface area (Å²) < 4.78 is 0.759. The first-order chi connectivity index (χ1) is 12.5. The van der Waals surface area contributed by atoms with Gasteiger partial charge in [0.15, 0.2) is 9.47 Å². The summed E-state index contributed by atoms with van der Waals surface area (Å²) in [6.45, 7) is 6.28. The van der Waals surface area contributed by atoms with Crippen molar-refractivity contribution in [3.63, 3.8) is 0 Å². The third-order valence-electron chi connectivity index (χ3n) is 3.81. The molecule has 0 aliphatic heterocycles. The quantitative estimate of drug-likeness (QED) is 0.593. The number of rotatable bonds is 6. The molecule has 0 saturated heterocycles. The molecule has 0 radical (unpaired) electrons. The molecule has 0 atom stereocenters. The minimum Gasteiger partial charge on any atom is -0.363 e. The largest absolute Gasteiger partial charge is 0.363 e. The van der Waals surface area contributed by atoms with E-state index in [1.165, 1.54) is 51.1 Å². The van der Waals surface area contributed by atoms with Crippen molar-refractivity contribution < 1.29 is 4.79 Å². The van der Waals surface area contributed by atoms with Crippen molar-refractivity contribution in [1.82, 2.24) is 15.2 Å². The Balaban J connectivity index is 1.63. The fourth-order valence-electron chi connectivity index (χ4n) is 2.34. The molecular formula is C17H19N5OS3. The fourth-order valence-corrected chi connectivity index (χ4v) is 4.58. The smallest absolute Gasteiger partial charge is 0.236 e. The second kappa shape index (κ2) is 8.15. The van der Waals surface area contributed by atoms with Crippen molar-refractivity contribution in [2.24, 2.45) is 0 Å². The van der Waals surface area contributed by atoms with Crippen LogP contribution >= 0.6 is 34.4 Å². The van der Waals surface area contributed by atoms with Crippen molar-refractivity contribution in [2.45, 2.75) is 25.1 Å². The van der Waals surface area contributed by atoms with Crippen molar-refractivity contribution in [2.75, 3.05) is 23.4 Å². The normalized spacial score (nSPS) is 10.8. The Kier molecular flexibility index (Phi) is 5.90. The topological polar surface area (TPSA) is 79.8 Å². The number of nitrogens with one attached hydrogen (secondary N) is 2. The molecule has 9 heteroatoms. The zero-order chi connectivity index (χ0) is 18.7. The SMILES string of the molecule is CNc1nnc(SCC(=O)Nc2nc(-c3cc(C)c(C)cc3C)cs2)s1. The summed E-state index contributed by atoms with van der Waals surface area (Å²) in [7, 11) is 1.79. The van der Waals surface area contributed by atoms with Crippen LogP contribution in [0.15, 0.2) is 21.9 Å². The number of aromatic nitrogens is 3. The Morgan fingerprint density at radius 2 is 1.88 bits per heavy atom. The summed E-state index contributed by atoms with van der Waals surface area (Å²) in [4.78, 5) is 16.7. The maximum absolute atomic E-state index is 12.1. The van der Waals surface area contributed by atoms with E-state index < -0.39 is 0 Å². The molecule has 2 heterocycles. The summed E-state index contributed by atoms with van der Waals surface area (Å²) in [6.07, 6.45) is 0. The molecule has 6 nitrogen and oxygen atoms in total. The molecule has 1 aromatic carbocycles. The molecular weight excluding hydrogens is 386 g/mol. The summed E-state index contributed by atoms with van der Waals surface area (Å²) in [6, 6.07) is 4.32. The van der Waals surface area contributed by atoms with Gasteiger partial charge < -0.3 is 10.6 Å². The van der Waals surface area contributed by atoms with Gasteiger partial charge in [0.1, 0.15) is 0 Å². The number of carbonyl (C=O) groups is 1. The Labute approximate surface area is 164 Å². The lowest BCUT2D eigenvalue weighted by atomic mass is 9.99. The lowest BCUT2D eigenvalue weighted by molar-refractivity contribution is -0.113. The number of hydrogen-bond acceptors (Lipinski definition) is 8. The average Bonchev–Trinajstić information content (AvgIpc) is 3.25. The van der Waals surface area contributed by atoms with E-state index in [0.717, 1.165) is 20.7 Å². The van der Waals surface area contributed by atoms with E-state index in [1.54, 1.807) is 7.05 Å². The van der Waals surface area contributed by atoms with Crippen LogP contribution in [0.25, 0.3) is 11.3 Å². The van der Waals surface area contributed by atoms with Gasteiger partial charge in [0.2, 0.25) is 11.0 Å². The maximum Gasteiger partial charge on any atom is 0.236 e. The zero-order valence-electron chi connectivity index (χ0n) is 14.9. The number of aryl methyl sites for hydroxylation is 3. The van der Waals surface area contributed by atoms with E-state index >= 15 is 0 Å². The molecule has 0 saturated carbocycles. The van der Waals surface area contributed by atoms with Crippen molar-refractivity contribution in [3.8, 4) is 11.3 Å². The van der Waals surface area contributed by atoms with Crippen molar-refractivity contribution in [3.05, 3.63) is 34.2 Å². The Bertz CT molecular complexity index is 934. The van der Waals surface area contributed by atoms with Crippen LogP contribution < -0.4 is 10.6 Å². The van der Waals surface area contributed by atoms with Gasteiger partial charge in [0.25, 0.3) is 0 Å². The molecule has 3 rings (SSSR count). The van der Waals surface area contributed by atoms with Crippen LogP contribution in [0.2, 0.25) is 0 Å². The Hall–Kier alpha value is -1.97. The van der Waals surface area contributed by atoms with Gasteiger partial charge in [0.05, 0.1) is 11.4 Å². The molecule has 0 aliphatic rings. The molecule has 3 aromatic rings. The second-order valence-corrected chi connectivity index (χ2v) is 8.81. The third kappa shape index (κ3) is 4.40. The summed E-state index contributed by atoms with van der Waals surface area (Å²) >= 11 is 4.22. The molecule has 0 spiro atoms. The molecule has 0 fully saturated rings. The van der Waals surface area contributed by atoms with E-state index in [2.05, 4.69) is 58.7 Å². The first-order valence-corrected chi connectivity index (χ1v) is 10.6. The number of amides is 1. The molecule has 0 aliphatic carbocycles. The minimum atomic E-state index is -0.103. The Morgan fingerprint density at radius 3 is 2.62 bits per heavy atom. The van der Waals surface area contributed by atoms with Gasteiger partial charge in [-0.3, -0.25) is 4.79 Å². The minimum absolute atomic E-state index is 0.103. The first kappa shape index (κ1) is 18.8. The molecule has 2 N–H and O–H groups in total. The number of nitrogens with zero attached hydrogens (tertiary/aromatic N) is 3. The highest BCUT2D eigenvalue weighted by Gasteiger charge is 2.12. The Morgan fingerprint density at radius 1 is 1.12 bits per heavy atom. The number of carbonyl (C=O) groups excluding carboxylic acids is 1. The number of benzene rings is 1. The van der Waals surface area contributed by atoms with Gasteiger partial charge in [0, 0.05) is 18.0 Å². The van der Waals surface area contributed by atoms with Crippen LogP contribution in [0.4, 0.5) is 10.3 Å². The van der Waals surface area contributed by atoms with E-state index in [0.29, 0.717) is 5.13 Å². The van der Waals surface area contributed by atoms with E-state index in [4.69, 9.17) is 0 Å². The van der Waals surface area contributed by atoms with E-state index in [-0.39, 0.29) is 11.7 Å². The van der Waals surface area contributed by atoms with E-state index in [9.17, 15) is 4.79 Å². The highest BCUT2D eigenvalue weighted by atomic mass is 32.2. The lowest BCUT2D eigenvalue weighted by Crippen LogP contribution is -2.13. The number of anilines is 2. The van der Waals surface area contributed by atoms with Crippen LogP contribution in [-0.2, 0) is 4.79 Å². The maximum atomic E-state index is 12.1. The summed E-state index contributed by atoms with van der Waals surface area (Å²) in [5.41, 5.74) is 5.68. The predicted octanol–water partition coefficient (Wildman–Crippen LogP) is 4.36. The van der Waals surface area contributed by atoms with Gasteiger partial charge in [-0.1, -0.05) is 29.2 Å². The highest BCUT2D eigenvalue weighted by molar-refractivity contribution is 8.01. The highest BCUT2D eigenvalue weighted by Crippen LogP contribution is 2.30. The van der Waals surface area contributed by atoms with Crippen molar-refractivity contribution >= 4 is 50.6 Å². The molecule has 26 heavy (non-hydrogen) atoms. The van der Waals surface area contributed by atoms with Crippen LogP contribution in [0, 0.1) is 20.8 Å². The van der Waals surface area contributed by atoms with E-state index in [1.807, 2.05) is 5.38 Å². The molecule has 0 unspecified atom stereocenters. The average molecular weight is 406 g/mol. The predicted molar refractivity (Wildman–Crippen MR) is 111 cm³/mol. The van der Waals surface area contributed by atoms with Gasteiger partial charge in [-0.05, 0) is 43.5 Å². The van der Waals surface area contributed by atoms with Crippen molar-refractivity contribution in [1.29, 1.82) is 0 Å². The number of thioether (sulfide) groups is 1. The second-order valence-electron chi connectivity index (χ2n) is 5.75. The van der Waals surface area contributed by atoms with Crippen LogP contribution in [-0.4, -0.2) is 33.9 Å². The summed E-state index contributed by atoms with van der Waals surface area (Å²) in [5.74, 6) is 0.171. The molecule has 0 bridgehead atoms. The van der Waals surface area contributed by atoms with Crippen LogP contribution in [0.5, 0.6) is 0 Å². The third-order valence-corrected chi connectivity index (χ3v) is 6.65. The molecule has 136 valence electrons. The molecule has 2 aromatic heterocycles. The zero-order valence-corrected chi connectivity index (χ0v) is 17.4. The lowest BCUT2D eigenvalue weighted by Gasteiger charge is -2.07. The number of hydrogen-bond donors (Lipinski definition) is 2. The fraction of sp³-hybridized carbons (Fsp3) is 0.294. The van der Waals surface area contributed by atoms with Crippen LogP contribution in [0.3, 0.4) is 0 Å². The van der Waals surface area contributed by atoms with Crippen LogP contribution in [0.1, 0.15) is 16.7 Å².